The lowest BCUT2D eigenvalue weighted by molar-refractivity contribution is -0.508. The second kappa shape index (κ2) is 7.54. The number of nitrogens with zero attached hydrogens (tertiary/aromatic N) is 1. The van der Waals surface area contributed by atoms with Gasteiger partial charge < -0.3 is 5.32 Å². The van der Waals surface area contributed by atoms with Gasteiger partial charge in [0.1, 0.15) is 0 Å². The van der Waals surface area contributed by atoms with Crippen LogP contribution in [0.4, 0.5) is 5.00 Å². The lowest BCUT2D eigenvalue weighted by atomic mass is 10.1. The molecule has 144 valence electrons. The molecule has 5 rings (SSSR count). The zero-order chi connectivity index (χ0) is 20.5. The molecule has 5 heteroatoms. The van der Waals surface area contributed by atoms with Gasteiger partial charge in [-0.05, 0) is 34.9 Å². The Labute approximate surface area is 177 Å². The topological polar surface area (TPSA) is 50.3 Å². The van der Waals surface area contributed by atoms with Gasteiger partial charge in [-0.3, -0.25) is 9.59 Å². The number of rotatable bonds is 4. The van der Waals surface area contributed by atoms with Crippen LogP contribution < -0.4 is 9.72 Å². The molecule has 0 aliphatic heterocycles. The number of nitrogens with one attached hydrogen (secondary N) is 1. The maximum Gasteiger partial charge on any atom is 0.294 e. The first-order valence-corrected chi connectivity index (χ1v) is 10.4. The Kier molecular flexibility index (Phi) is 4.58. The molecule has 0 aliphatic rings. The van der Waals surface area contributed by atoms with Crippen LogP contribution in [0.1, 0.15) is 26.4 Å². The number of aromatic nitrogens is 1. The van der Waals surface area contributed by atoms with Crippen LogP contribution in [0.3, 0.4) is 0 Å². The monoisotopic (exact) mass is 409 g/mol. The number of hydrogen-bond donors (Lipinski definition) is 1. The number of carbonyl (C=O) groups excluding carboxylic acids is 2. The van der Waals surface area contributed by atoms with Crippen LogP contribution in [0.15, 0.2) is 97.2 Å². The van der Waals surface area contributed by atoms with Gasteiger partial charge in [0.05, 0.1) is 5.39 Å². The largest absolute Gasteiger partial charge is 0.308 e. The van der Waals surface area contributed by atoms with E-state index in [0.29, 0.717) is 21.8 Å². The highest BCUT2D eigenvalue weighted by atomic mass is 32.1. The Morgan fingerprint density at radius 1 is 0.733 bits per heavy atom. The molecule has 1 N–H and O–H groups in total. The Balaban J connectivity index is 1.71. The highest BCUT2D eigenvalue weighted by Gasteiger charge is 2.31. The molecular weight excluding hydrogens is 392 g/mol. The van der Waals surface area contributed by atoms with Crippen LogP contribution in [0, 0.1) is 0 Å². The van der Waals surface area contributed by atoms with E-state index in [1.807, 2.05) is 77.3 Å². The summed E-state index contributed by atoms with van der Waals surface area (Å²) < 4.78 is 1.88. The molecule has 30 heavy (non-hydrogen) atoms. The quantitative estimate of drug-likeness (QED) is 0.331. The van der Waals surface area contributed by atoms with E-state index < -0.39 is 0 Å². The summed E-state index contributed by atoms with van der Waals surface area (Å²) in [6.45, 7) is 0. The highest BCUT2D eigenvalue weighted by molar-refractivity contribution is 7.22. The van der Waals surface area contributed by atoms with Crippen LogP contribution >= 0.6 is 11.3 Å². The average molecular weight is 409 g/mol. The summed E-state index contributed by atoms with van der Waals surface area (Å²) in [6, 6.07) is 28.1. The summed E-state index contributed by atoms with van der Waals surface area (Å²) in [4.78, 5) is 27.2. The van der Waals surface area contributed by atoms with Gasteiger partial charge in [-0.15, -0.1) is 4.40 Å². The minimum atomic E-state index is -0.242. The van der Waals surface area contributed by atoms with Crippen LogP contribution in [0.2, 0.25) is 0 Å². The number of anilines is 1. The normalized spacial score (nSPS) is 10.9. The number of amides is 1. The van der Waals surface area contributed by atoms with Crippen molar-refractivity contribution in [2.24, 2.45) is 0 Å². The van der Waals surface area contributed by atoms with Crippen molar-refractivity contribution in [2.45, 2.75) is 0 Å². The van der Waals surface area contributed by atoms with E-state index in [1.54, 1.807) is 24.3 Å². The zero-order valence-electron chi connectivity index (χ0n) is 15.9. The molecule has 0 unspecified atom stereocenters. The van der Waals surface area contributed by atoms with Crippen LogP contribution in [-0.4, -0.2) is 11.7 Å². The molecule has 0 spiro atoms. The first-order chi connectivity index (χ1) is 14.7. The van der Waals surface area contributed by atoms with E-state index in [4.69, 9.17) is 0 Å². The first-order valence-electron chi connectivity index (χ1n) is 9.54. The van der Waals surface area contributed by atoms with E-state index in [0.717, 1.165) is 15.6 Å². The second-order valence-electron chi connectivity index (χ2n) is 6.87. The summed E-state index contributed by atoms with van der Waals surface area (Å²) in [5, 5.41) is 5.62. The fraction of sp³-hybridized carbons (Fsp3) is 0. The molecule has 0 aliphatic carbocycles. The predicted octanol–water partition coefficient (Wildman–Crippen LogP) is 5.12. The van der Waals surface area contributed by atoms with Gasteiger partial charge in [-0.25, -0.2) is 0 Å². The molecule has 0 saturated carbocycles. The van der Waals surface area contributed by atoms with Gasteiger partial charge >= 0.3 is 0 Å². The Bertz CT molecular complexity index is 1390. The Hall–Kier alpha value is -3.83. The Morgan fingerprint density at radius 3 is 2.10 bits per heavy atom. The molecule has 2 heterocycles. The summed E-state index contributed by atoms with van der Waals surface area (Å²) in [6.07, 6.45) is 1.89. The van der Waals surface area contributed by atoms with Crippen LogP contribution in [-0.2, 0) is 0 Å². The number of fused-ring (bicyclic) bond motifs is 3. The summed E-state index contributed by atoms with van der Waals surface area (Å²) in [5.41, 5.74) is 1.58. The SMILES string of the molecule is O=C(Nc1sc2c3ccccc3cc[n+]2c1C(=O)c1ccccc1)c1ccccc1. The Morgan fingerprint density at radius 2 is 1.37 bits per heavy atom. The molecule has 0 atom stereocenters. The molecule has 0 saturated heterocycles. The lowest BCUT2D eigenvalue weighted by Crippen LogP contribution is -2.29. The van der Waals surface area contributed by atoms with E-state index in [1.165, 1.54) is 11.3 Å². The summed E-state index contributed by atoms with van der Waals surface area (Å²) in [5.74, 6) is -0.375. The fourth-order valence-electron chi connectivity index (χ4n) is 3.51. The van der Waals surface area contributed by atoms with E-state index in [2.05, 4.69) is 5.32 Å². The van der Waals surface area contributed by atoms with Crippen molar-refractivity contribution in [3.05, 3.63) is 114 Å². The van der Waals surface area contributed by atoms with Gasteiger partial charge in [0.25, 0.3) is 22.2 Å². The average Bonchev–Trinajstić information content (AvgIpc) is 3.18. The maximum atomic E-state index is 13.4. The second-order valence-corrected chi connectivity index (χ2v) is 7.87. The predicted molar refractivity (Wildman–Crippen MR) is 119 cm³/mol. The number of ketones is 1. The number of hydrogen-bond acceptors (Lipinski definition) is 3. The first kappa shape index (κ1) is 18.2. The van der Waals surface area contributed by atoms with Crippen molar-refractivity contribution in [1.29, 1.82) is 0 Å². The standard InChI is InChI=1S/C25H16N2O2S/c28-22(18-10-3-1-4-11-18)21-24(26-23(29)19-12-5-2-6-13-19)30-25-20-14-8-7-9-17(20)15-16-27(21)25/h1-16H/p+1. The van der Waals surface area contributed by atoms with Gasteiger partial charge in [0, 0.05) is 17.2 Å². The fourth-order valence-corrected chi connectivity index (χ4v) is 4.68. The lowest BCUT2D eigenvalue weighted by Gasteiger charge is -2.03. The van der Waals surface area contributed by atoms with Crippen molar-refractivity contribution in [3.8, 4) is 0 Å². The van der Waals surface area contributed by atoms with Crippen molar-refractivity contribution in [3.63, 3.8) is 0 Å². The smallest absolute Gasteiger partial charge is 0.294 e. The molecular formula is C25H17N2O2S+. The third-order valence-corrected chi connectivity index (χ3v) is 6.09. The van der Waals surface area contributed by atoms with Crippen LogP contribution in [0.5, 0.6) is 0 Å². The third-order valence-electron chi connectivity index (χ3n) is 4.98. The van der Waals surface area contributed by atoms with Crippen molar-refractivity contribution >= 4 is 43.6 Å². The number of carbonyl (C=O) groups is 2. The van der Waals surface area contributed by atoms with Crippen molar-refractivity contribution < 1.29 is 14.0 Å². The van der Waals surface area contributed by atoms with E-state index in [-0.39, 0.29) is 11.7 Å². The summed E-state index contributed by atoms with van der Waals surface area (Å²) >= 11 is 1.41. The number of pyridine rings is 1. The molecule has 3 aromatic carbocycles. The van der Waals surface area contributed by atoms with Gasteiger partial charge in [0.15, 0.2) is 11.2 Å². The van der Waals surface area contributed by atoms with E-state index >= 15 is 0 Å². The molecule has 1 amide bonds. The third kappa shape index (κ3) is 3.15. The van der Waals surface area contributed by atoms with Crippen molar-refractivity contribution in [2.75, 3.05) is 5.32 Å². The molecule has 0 radical (unpaired) electrons. The van der Waals surface area contributed by atoms with E-state index in [9.17, 15) is 9.59 Å². The van der Waals surface area contributed by atoms with Crippen LogP contribution in [0.25, 0.3) is 15.6 Å². The van der Waals surface area contributed by atoms with Gasteiger partial charge in [-0.2, -0.15) is 0 Å². The minimum Gasteiger partial charge on any atom is -0.308 e. The van der Waals surface area contributed by atoms with Gasteiger partial charge in [-0.1, -0.05) is 66.7 Å². The molecule has 0 bridgehead atoms. The van der Waals surface area contributed by atoms with Gasteiger partial charge in [0.2, 0.25) is 0 Å². The zero-order valence-corrected chi connectivity index (χ0v) is 16.7. The minimum absolute atomic E-state index is 0.134. The summed E-state index contributed by atoms with van der Waals surface area (Å²) in [7, 11) is 0. The highest BCUT2D eigenvalue weighted by Crippen LogP contribution is 2.31. The molecule has 4 nitrogen and oxygen atoms in total. The maximum absolute atomic E-state index is 13.4. The molecule has 5 aromatic rings. The molecule has 2 aromatic heterocycles. The number of benzene rings is 3. The number of thiazole rings is 1. The van der Waals surface area contributed by atoms with Crippen molar-refractivity contribution in [1.82, 2.24) is 0 Å². The molecule has 0 fully saturated rings.